The van der Waals surface area contributed by atoms with Crippen molar-refractivity contribution in [3.8, 4) is 11.1 Å². The second-order valence-electron chi connectivity index (χ2n) is 8.92. The molecule has 4 rings (SSSR count). The van der Waals surface area contributed by atoms with Gasteiger partial charge < -0.3 is 20.5 Å². The fourth-order valence-electron chi connectivity index (χ4n) is 4.77. The molecule has 0 spiro atoms. The Kier molecular flexibility index (Phi) is 6.96. The van der Waals surface area contributed by atoms with E-state index in [1.54, 1.807) is 0 Å². The lowest BCUT2D eigenvalue weighted by Crippen LogP contribution is -2.52. The van der Waals surface area contributed by atoms with Gasteiger partial charge in [0.1, 0.15) is 6.61 Å². The Morgan fingerprint density at radius 3 is 2.15 bits per heavy atom. The van der Waals surface area contributed by atoms with Crippen molar-refractivity contribution in [2.45, 2.75) is 44.4 Å². The molecule has 2 aromatic carbocycles. The van der Waals surface area contributed by atoms with Gasteiger partial charge in [-0.2, -0.15) is 0 Å². The zero-order valence-electron chi connectivity index (χ0n) is 18.6. The number of carboxylic acids is 1. The van der Waals surface area contributed by atoms with E-state index in [1.807, 2.05) is 24.3 Å². The van der Waals surface area contributed by atoms with Crippen LogP contribution in [0.5, 0.6) is 0 Å². The smallest absolute Gasteiger partial charge is 0.407 e. The first-order valence-corrected chi connectivity index (χ1v) is 11.6. The molecule has 0 saturated heterocycles. The van der Waals surface area contributed by atoms with Crippen molar-refractivity contribution in [3.63, 3.8) is 0 Å². The maximum absolute atomic E-state index is 12.7. The second kappa shape index (κ2) is 10.1. The van der Waals surface area contributed by atoms with E-state index in [0.717, 1.165) is 30.4 Å². The predicted molar refractivity (Wildman–Crippen MR) is 124 cm³/mol. The topological polar surface area (TPSA) is 105 Å². The lowest BCUT2D eigenvalue weighted by molar-refractivity contribution is -0.137. The number of amides is 2. The maximum atomic E-state index is 12.7. The third-order valence-corrected chi connectivity index (χ3v) is 6.81. The molecule has 33 heavy (non-hydrogen) atoms. The van der Waals surface area contributed by atoms with Gasteiger partial charge in [-0.1, -0.05) is 55.0 Å². The summed E-state index contributed by atoms with van der Waals surface area (Å²) >= 11 is 0. The van der Waals surface area contributed by atoms with Gasteiger partial charge in [0.2, 0.25) is 5.91 Å². The summed E-state index contributed by atoms with van der Waals surface area (Å²) in [6, 6.07) is 16.4. The van der Waals surface area contributed by atoms with Crippen molar-refractivity contribution < 1.29 is 24.2 Å². The molecule has 2 aromatic rings. The average Bonchev–Trinajstić information content (AvgIpc) is 3.10. The van der Waals surface area contributed by atoms with Crippen molar-refractivity contribution in [2.24, 2.45) is 5.41 Å². The molecule has 0 radical (unpaired) electrons. The summed E-state index contributed by atoms with van der Waals surface area (Å²) in [5.74, 6) is -0.915. The monoisotopic (exact) mass is 450 g/mol. The van der Waals surface area contributed by atoms with E-state index < -0.39 is 17.5 Å². The number of fused-ring (bicyclic) bond motifs is 3. The molecule has 0 bridgehead atoms. The number of alkyl carbamates (subject to hydrolysis) is 1. The molecule has 2 amide bonds. The van der Waals surface area contributed by atoms with Crippen LogP contribution in [0.2, 0.25) is 0 Å². The van der Waals surface area contributed by atoms with E-state index in [0.29, 0.717) is 19.4 Å². The van der Waals surface area contributed by atoms with E-state index in [4.69, 9.17) is 9.84 Å². The summed E-state index contributed by atoms with van der Waals surface area (Å²) < 4.78 is 5.58. The van der Waals surface area contributed by atoms with Gasteiger partial charge in [0.05, 0.1) is 5.41 Å². The Balaban J connectivity index is 1.27. The predicted octanol–water partition coefficient (Wildman–Crippen LogP) is 4.07. The fraction of sp³-hybridized carbons (Fsp3) is 0.423. The lowest BCUT2D eigenvalue weighted by atomic mass is 9.68. The third-order valence-electron chi connectivity index (χ3n) is 6.81. The summed E-state index contributed by atoms with van der Waals surface area (Å²) in [6.07, 6.45) is 3.12. The van der Waals surface area contributed by atoms with E-state index in [9.17, 15) is 14.4 Å². The van der Waals surface area contributed by atoms with Crippen molar-refractivity contribution in [3.05, 3.63) is 59.7 Å². The first-order chi connectivity index (χ1) is 16.0. The number of rotatable bonds is 10. The van der Waals surface area contributed by atoms with Crippen LogP contribution >= 0.6 is 0 Å². The first kappa shape index (κ1) is 22.8. The molecule has 2 aliphatic carbocycles. The van der Waals surface area contributed by atoms with E-state index in [2.05, 4.69) is 34.9 Å². The van der Waals surface area contributed by atoms with Crippen molar-refractivity contribution in [1.82, 2.24) is 10.6 Å². The van der Waals surface area contributed by atoms with Gasteiger partial charge in [-0.05, 0) is 47.9 Å². The van der Waals surface area contributed by atoms with Gasteiger partial charge in [0.25, 0.3) is 0 Å². The lowest BCUT2D eigenvalue weighted by Gasteiger charge is -2.40. The number of hydrogen-bond acceptors (Lipinski definition) is 4. The molecule has 0 aromatic heterocycles. The summed E-state index contributed by atoms with van der Waals surface area (Å²) in [7, 11) is 0. The van der Waals surface area contributed by atoms with Crippen LogP contribution in [-0.4, -0.2) is 42.8 Å². The number of carboxylic acid groups (broad SMARTS) is 1. The molecule has 2 aliphatic rings. The van der Waals surface area contributed by atoms with E-state index in [1.165, 1.54) is 11.1 Å². The average molecular weight is 451 g/mol. The summed E-state index contributed by atoms with van der Waals surface area (Å²) in [6.45, 7) is 0.923. The zero-order chi connectivity index (χ0) is 23.3. The molecule has 7 nitrogen and oxygen atoms in total. The fourth-order valence-corrected chi connectivity index (χ4v) is 4.77. The van der Waals surface area contributed by atoms with Crippen LogP contribution in [0.1, 0.15) is 55.6 Å². The number of unbranched alkanes of at least 4 members (excludes halogenated alkanes) is 1. The Labute approximate surface area is 193 Å². The number of ether oxygens (including phenoxy) is 1. The van der Waals surface area contributed by atoms with Crippen LogP contribution in [0, 0.1) is 5.41 Å². The number of carbonyl (C=O) groups excluding carboxylic acids is 2. The van der Waals surface area contributed by atoms with Crippen LogP contribution < -0.4 is 10.6 Å². The van der Waals surface area contributed by atoms with Crippen molar-refractivity contribution in [1.29, 1.82) is 0 Å². The molecule has 3 N–H and O–H groups in total. The van der Waals surface area contributed by atoms with Crippen LogP contribution in [-0.2, 0) is 14.3 Å². The minimum atomic E-state index is -0.830. The Morgan fingerprint density at radius 1 is 0.939 bits per heavy atom. The van der Waals surface area contributed by atoms with Gasteiger partial charge >= 0.3 is 12.1 Å². The highest BCUT2D eigenvalue weighted by atomic mass is 16.5. The molecule has 0 aliphatic heterocycles. The largest absolute Gasteiger partial charge is 0.481 e. The molecule has 7 heteroatoms. The first-order valence-electron chi connectivity index (χ1n) is 11.6. The molecule has 0 unspecified atom stereocenters. The highest BCUT2D eigenvalue weighted by Gasteiger charge is 2.44. The molecule has 174 valence electrons. The second-order valence-corrected chi connectivity index (χ2v) is 8.92. The Hall–Kier alpha value is -3.35. The number of aliphatic carboxylic acids is 1. The van der Waals surface area contributed by atoms with Crippen molar-refractivity contribution in [2.75, 3.05) is 19.7 Å². The van der Waals surface area contributed by atoms with Gasteiger partial charge in [0.15, 0.2) is 0 Å². The van der Waals surface area contributed by atoms with Crippen LogP contribution in [0.25, 0.3) is 11.1 Å². The summed E-state index contributed by atoms with van der Waals surface area (Å²) in [5, 5.41) is 14.4. The van der Waals surface area contributed by atoms with Crippen LogP contribution in [0.4, 0.5) is 4.79 Å². The van der Waals surface area contributed by atoms with E-state index in [-0.39, 0.29) is 31.4 Å². The zero-order valence-corrected chi connectivity index (χ0v) is 18.6. The quantitative estimate of drug-likeness (QED) is 0.474. The Morgan fingerprint density at radius 2 is 1.58 bits per heavy atom. The molecule has 1 saturated carbocycles. The van der Waals surface area contributed by atoms with Gasteiger partial charge in [0, 0.05) is 25.4 Å². The SMILES string of the molecule is O=C(O)CCCCNC(=O)C1(CNC(=O)OCC2c3ccccc3-c3ccccc32)CCC1. The summed E-state index contributed by atoms with van der Waals surface area (Å²) in [4.78, 5) is 35.7. The van der Waals surface area contributed by atoms with Gasteiger partial charge in [-0.25, -0.2) is 4.79 Å². The molecule has 0 heterocycles. The Bertz CT molecular complexity index is 985. The molecule has 0 atom stereocenters. The van der Waals surface area contributed by atoms with Crippen LogP contribution in [0.15, 0.2) is 48.5 Å². The highest BCUT2D eigenvalue weighted by Crippen LogP contribution is 2.44. The minimum absolute atomic E-state index is 0.00471. The number of carbonyl (C=O) groups is 3. The van der Waals surface area contributed by atoms with Crippen molar-refractivity contribution >= 4 is 18.0 Å². The molecule has 1 fully saturated rings. The van der Waals surface area contributed by atoms with Gasteiger partial charge in [-0.3, -0.25) is 9.59 Å². The molecular formula is C26H30N2O5. The standard InChI is InChI=1S/C26H30N2O5/c29-23(30)12-5-6-15-27-24(31)26(13-7-14-26)17-28-25(32)33-16-22-20-10-3-1-8-18(20)19-9-2-4-11-21(19)22/h1-4,8-11,22H,5-7,12-17H2,(H,27,31)(H,28,32)(H,29,30). The van der Waals surface area contributed by atoms with Gasteiger partial charge in [-0.15, -0.1) is 0 Å². The van der Waals surface area contributed by atoms with E-state index >= 15 is 0 Å². The minimum Gasteiger partial charge on any atom is -0.481 e. The molecular weight excluding hydrogens is 420 g/mol. The third kappa shape index (κ3) is 5.02. The summed E-state index contributed by atoms with van der Waals surface area (Å²) in [5.41, 5.74) is 4.07. The normalized spacial score (nSPS) is 15.6. The maximum Gasteiger partial charge on any atom is 0.407 e. The number of nitrogens with one attached hydrogen (secondary N) is 2. The number of benzene rings is 2. The highest BCUT2D eigenvalue weighted by molar-refractivity contribution is 5.84. The van der Waals surface area contributed by atoms with Crippen LogP contribution in [0.3, 0.4) is 0 Å². The number of hydrogen-bond donors (Lipinski definition) is 3.